The van der Waals surface area contributed by atoms with Crippen LogP contribution in [0.15, 0.2) is 24.3 Å². The Labute approximate surface area is 137 Å². The van der Waals surface area contributed by atoms with Gasteiger partial charge in [-0.3, -0.25) is 0 Å². The number of rotatable bonds is 1. The fourth-order valence-corrected chi connectivity index (χ4v) is 3.38. The van der Waals surface area contributed by atoms with Crippen LogP contribution in [0.3, 0.4) is 0 Å². The molecule has 0 amide bonds. The maximum atomic E-state index is 5.88. The summed E-state index contributed by atoms with van der Waals surface area (Å²) in [5, 5.41) is -2.13. The third-order valence-electron chi connectivity index (χ3n) is 2.05. The lowest BCUT2D eigenvalue weighted by Gasteiger charge is -2.37. The highest BCUT2D eigenvalue weighted by molar-refractivity contribution is 6.45. The molecule has 0 aromatic carbocycles. The number of halogens is 7. The highest BCUT2D eigenvalue weighted by atomic mass is 35.5. The van der Waals surface area contributed by atoms with Crippen molar-refractivity contribution in [3.8, 4) is 0 Å². The third-order valence-corrected chi connectivity index (χ3v) is 6.23. The zero-order valence-corrected chi connectivity index (χ0v) is 13.9. The molecule has 1 fully saturated rings. The van der Waals surface area contributed by atoms with E-state index in [0.717, 1.165) is 0 Å². The topological polar surface area (TPSA) is 0 Å². The van der Waals surface area contributed by atoms with E-state index < -0.39 is 32.3 Å². The molecule has 1 rings (SSSR count). The van der Waals surface area contributed by atoms with Crippen molar-refractivity contribution in [1.29, 1.82) is 0 Å². The molecule has 0 aromatic heterocycles. The summed E-state index contributed by atoms with van der Waals surface area (Å²) in [6.07, 6.45) is 1.49. The van der Waals surface area contributed by atoms with Gasteiger partial charge in [0.25, 0.3) is 0 Å². The van der Waals surface area contributed by atoms with Crippen molar-refractivity contribution in [3.63, 3.8) is 0 Å². The fraction of sp³-hybridized carbons (Fsp3) is 0.600. The molecule has 0 bridgehead atoms. The highest BCUT2D eigenvalue weighted by Crippen LogP contribution is 2.39. The molecule has 0 spiro atoms. The summed E-state index contributed by atoms with van der Waals surface area (Å²) in [6.45, 7) is 6.65. The largest absolute Gasteiger partial charge is 0.120 e. The fourth-order valence-electron chi connectivity index (χ4n) is 1.05. The van der Waals surface area contributed by atoms with Gasteiger partial charge in [0.05, 0.1) is 32.3 Å². The third kappa shape index (κ3) is 5.57. The quantitative estimate of drug-likeness (QED) is 0.413. The van der Waals surface area contributed by atoms with E-state index in [-0.39, 0.29) is 0 Å². The van der Waals surface area contributed by atoms with Gasteiger partial charge in [0, 0.05) is 5.03 Å². The molecule has 17 heavy (non-hydrogen) atoms. The van der Waals surface area contributed by atoms with Crippen molar-refractivity contribution >= 4 is 81.2 Å². The van der Waals surface area contributed by atoms with Crippen LogP contribution < -0.4 is 0 Å². The molecule has 1 aliphatic rings. The average molecular weight is 379 g/mol. The van der Waals surface area contributed by atoms with Crippen LogP contribution in [0.5, 0.6) is 0 Å². The van der Waals surface area contributed by atoms with Gasteiger partial charge >= 0.3 is 0 Å². The molecule has 0 saturated heterocycles. The molecule has 0 N–H and O–H groups in total. The molecule has 1 saturated carbocycles. The van der Waals surface area contributed by atoms with E-state index in [1.165, 1.54) is 6.08 Å². The standard InChI is InChI=1S/C6H6Cl6.C4H5Cl/c7-1-2(8)4(10)6(12)5(11)3(1)9;1-3-4(2)5/h1-6H;3H,1-2H2/t1-,2-,3-,4+,5+,6+;. The number of allylic oxidation sites excluding steroid dienone is 2. The first-order chi connectivity index (χ1) is 7.73. The van der Waals surface area contributed by atoms with Crippen LogP contribution in [0.4, 0.5) is 0 Å². The number of hydrogen-bond acceptors (Lipinski definition) is 0. The van der Waals surface area contributed by atoms with E-state index in [1.807, 2.05) is 0 Å². The predicted molar refractivity (Wildman–Crippen MR) is 83.0 cm³/mol. The van der Waals surface area contributed by atoms with Gasteiger partial charge in [-0.1, -0.05) is 30.8 Å². The molecule has 7 heteroatoms. The second-order valence-electron chi connectivity index (χ2n) is 3.32. The van der Waals surface area contributed by atoms with E-state index in [4.69, 9.17) is 81.2 Å². The molecule has 0 nitrogen and oxygen atoms in total. The van der Waals surface area contributed by atoms with E-state index >= 15 is 0 Å². The van der Waals surface area contributed by atoms with Gasteiger partial charge in [-0.25, -0.2) is 0 Å². The summed E-state index contributed by atoms with van der Waals surface area (Å²) >= 11 is 40.4. The van der Waals surface area contributed by atoms with Crippen molar-refractivity contribution < 1.29 is 0 Å². The Morgan fingerprint density at radius 2 is 0.824 bits per heavy atom. The Bertz CT molecular complexity index is 209. The van der Waals surface area contributed by atoms with Crippen molar-refractivity contribution in [1.82, 2.24) is 0 Å². The Morgan fingerprint density at radius 3 is 0.882 bits per heavy atom. The summed E-state index contributed by atoms with van der Waals surface area (Å²) in [5.74, 6) is 0. The Morgan fingerprint density at radius 1 is 0.706 bits per heavy atom. The molecular weight excluding hydrogens is 368 g/mol. The lowest BCUT2D eigenvalue weighted by atomic mass is 9.97. The van der Waals surface area contributed by atoms with Crippen LogP contribution in [0, 0.1) is 0 Å². The lowest BCUT2D eigenvalue weighted by molar-refractivity contribution is 0.544. The molecular formula is C10H11Cl7. The maximum absolute atomic E-state index is 5.88. The predicted octanol–water partition coefficient (Wildman–Crippen LogP) is 5.57. The van der Waals surface area contributed by atoms with Gasteiger partial charge < -0.3 is 0 Å². The van der Waals surface area contributed by atoms with Gasteiger partial charge in [-0.15, -0.1) is 69.6 Å². The molecule has 0 aromatic rings. The molecule has 0 heterocycles. The summed E-state index contributed by atoms with van der Waals surface area (Å²) in [7, 11) is 0. The zero-order chi connectivity index (χ0) is 13.7. The highest BCUT2D eigenvalue weighted by Gasteiger charge is 2.46. The molecule has 0 aliphatic heterocycles. The van der Waals surface area contributed by atoms with Gasteiger partial charge in [-0.05, 0) is 0 Å². The lowest BCUT2D eigenvalue weighted by Crippen LogP contribution is -2.52. The van der Waals surface area contributed by atoms with Gasteiger partial charge in [-0.2, -0.15) is 0 Å². The van der Waals surface area contributed by atoms with Gasteiger partial charge in [0.1, 0.15) is 0 Å². The minimum atomic E-state index is -0.437. The molecule has 100 valence electrons. The van der Waals surface area contributed by atoms with Gasteiger partial charge in [0.2, 0.25) is 0 Å². The first-order valence-electron chi connectivity index (χ1n) is 4.55. The Balaban J connectivity index is 0.000000437. The smallest absolute Gasteiger partial charge is 0.0693 e. The summed E-state index contributed by atoms with van der Waals surface area (Å²) in [5.41, 5.74) is 0. The summed E-state index contributed by atoms with van der Waals surface area (Å²) in [6, 6.07) is 0. The van der Waals surface area contributed by atoms with Crippen LogP contribution in [-0.4, -0.2) is 32.3 Å². The van der Waals surface area contributed by atoms with E-state index in [2.05, 4.69) is 13.2 Å². The number of alkyl halides is 6. The van der Waals surface area contributed by atoms with Crippen LogP contribution in [0.2, 0.25) is 0 Å². The Kier molecular flexibility index (Phi) is 9.40. The summed E-state index contributed by atoms with van der Waals surface area (Å²) in [4.78, 5) is 0. The second kappa shape index (κ2) is 8.64. The molecule has 0 unspecified atom stereocenters. The van der Waals surface area contributed by atoms with Crippen LogP contribution in [-0.2, 0) is 0 Å². The van der Waals surface area contributed by atoms with E-state index in [1.54, 1.807) is 0 Å². The normalized spacial score (nSPS) is 41.1. The first kappa shape index (κ1) is 18.5. The monoisotopic (exact) mass is 376 g/mol. The summed E-state index contributed by atoms with van der Waals surface area (Å²) < 4.78 is 0. The van der Waals surface area contributed by atoms with Crippen LogP contribution >= 0.6 is 81.2 Å². The van der Waals surface area contributed by atoms with Crippen molar-refractivity contribution in [3.05, 3.63) is 24.3 Å². The minimum absolute atomic E-state index is 0.437. The van der Waals surface area contributed by atoms with Crippen molar-refractivity contribution in [2.75, 3.05) is 0 Å². The maximum Gasteiger partial charge on any atom is 0.0693 e. The van der Waals surface area contributed by atoms with Crippen molar-refractivity contribution in [2.45, 2.75) is 32.3 Å². The molecule has 1 aliphatic carbocycles. The van der Waals surface area contributed by atoms with E-state index in [0.29, 0.717) is 5.03 Å². The second-order valence-corrected chi connectivity index (χ2v) is 6.83. The van der Waals surface area contributed by atoms with Crippen LogP contribution in [0.25, 0.3) is 0 Å². The SMILES string of the molecule is C=CC(=C)Cl.Cl[C@H]1[C@H](Cl)[C@@H](Cl)[C@@H](Cl)[C@H](Cl)[C@H]1Cl. The minimum Gasteiger partial charge on any atom is -0.120 e. The number of hydrogen-bond donors (Lipinski definition) is 0. The Hall–Kier alpha value is 1.51. The van der Waals surface area contributed by atoms with E-state index in [9.17, 15) is 0 Å². The molecule has 0 radical (unpaired) electrons. The van der Waals surface area contributed by atoms with Crippen LogP contribution in [0.1, 0.15) is 0 Å². The average Bonchev–Trinajstić information content (AvgIpc) is 2.32. The molecule has 0 atom stereocenters. The van der Waals surface area contributed by atoms with Gasteiger partial charge in [0.15, 0.2) is 0 Å². The zero-order valence-electron chi connectivity index (χ0n) is 8.60. The van der Waals surface area contributed by atoms with Crippen molar-refractivity contribution in [2.24, 2.45) is 0 Å². The first-order valence-corrected chi connectivity index (χ1v) is 7.55.